The molecule has 12 heteroatoms. The molecule has 11 nitrogen and oxygen atoms in total. The van der Waals surface area contributed by atoms with E-state index in [2.05, 4.69) is 9.98 Å². The smallest absolute Gasteiger partial charge is 0.414 e. The van der Waals surface area contributed by atoms with Crippen LogP contribution in [0.25, 0.3) is 0 Å². The maximum absolute atomic E-state index is 13.9. The molecule has 4 aromatic rings. The number of amides is 1. The van der Waals surface area contributed by atoms with Crippen LogP contribution in [-0.4, -0.2) is 52.5 Å². The van der Waals surface area contributed by atoms with E-state index in [1.54, 1.807) is 94.6 Å². The van der Waals surface area contributed by atoms with Crippen molar-refractivity contribution in [3.63, 3.8) is 0 Å². The molecule has 0 saturated heterocycles. The normalized spacial score (nSPS) is 15.5. The van der Waals surface area contributed by atoms with Gasteiger partial charge in [0.25, 0.3) is 0 Å². The van der Waals surface area contributed by atoms with Gasteiger partial charge in [-0.05, 0) is 74.9 Å². The highest BCUT2D eigenvalue weighted by Crippen LogP contribution is 2.42. The molecule has 1 aliphatic heterocycles. The minimum absolute atomic E-state index is 0.00857. The summed E-state index contributed by atoms with van der Waals surface area (Å²) >= 11 is 0.942. The van der Waals surface area contributed by atoms with Gasteiger partial charge in [0, 0.05) is 37.4 Å². The minimum atomic E-state index is -1.49. The van der Waals surface area contributed by atoms with Gasteiger partial charge in [-0.1, -0.05) is 29.5 Å². The van der Waals surface area contributed by atoms with E-state index in [0.717, 1.165) is 16.9 Å². The molecule has 1 amide bonds. The first-order valence-electron chi connectivity index (χ1n) is 14.3. The summed E-state index contributed by atoms with van der Waals surface area (Å²) in [6.07, 6.45) is 4.62. The fourth-order valence-corrected chi connectivity index (χ4v) is 5.47. The first-order valence-corrected chi connectivity index (χ1v) is 15.1. The number of ketones is 1. The first-order chi connectivity index (χ1) is 21.8. The van der Waals surface area contributed by atoms with Gasteiger partial charge in [-0.15, -0.1) is 0 Å². The van der Waals surface area contributed by atoms with Gasteiger partial charge in [0.15, 0.2) is 5.54 Å². The summed E-state index contributed by atoms with van der Waals surface area (Å²) < 4.78 is 17.6. The number of aromatic hydroxyl groups is 2. The van der Waals surface area contributed by atoms with Crippen molar-refractivity contribution in [3.8, 4) is 28.9 Å². The van der Waals surface area contributed by atoms with Crippen LogP contribution in [-0.2, 0) is 21.5 Å². The Balaban J connectivity index is 1.41. The van der Waals surface area contributed by atoms with Gasteiger partial charge in [-0.2, -0.15) is 0 Å². The van der Waals surface area contributed by atoms with Gasteiger partial charge >= 0.3 is 11.0 Å². The molecule has 0 fully saturated rings. The molecular weight excluding hydrogens is 610 g/mol. The van der Waals surface area contributed by atoms with Gasteiger partial charge < -0.3 is 24.4 Å². The van der Waals surface area contributed by atoms with Crippen LogP contribution in [0.5, 0.6) is 28.9 Å². The zero-order valence-corrected chi connectivity index (χ0v) is 26.5. The summed E-state index contributed by atoms with van der Waals surface area (Å²) in [4.78, 5) is 46.6. The number of aliphatic imine (C=N–C) groups is 1. The second kappa shape index (κ2) is 12.9. The number of benzene rings is 3. The van der Waals surface area contributed by atoms with Gasteiger partial charge in [-0.3, -0.25) is 24.5 Å². The van der Waals surface area contributed by atoms with Crippen LogP contribution in [0.1, 0.15) is 36.8 Å². The summed E-state index contributed by atoms with van der Waals surface area (Å²) in [5.74, 6) is 0.450. The highest BCUT2D eigenvalue weighted by Gasteiger charge is 2.41. The van der Waals surface area contributed by atoms with Crippen molar-refractivity contribution in [3.05, 3.63) is 105 Å². The van der Waals surface area contributed by atoms with Crippen molar-refractivity contribution in [1.29, 1.82) is 0 Å². The number of phenolic OH excluding ortho intramolecular Hbond substituents is 1. The highest BCUT2D eigenvalue weighted by molar-refractivity contribution is 7.09. The van der Waals surface area contributed by atoms with E-state index in [1.807, 2.05) is 0 Å². The van der Waals surface area contributed by atoms with E-state index in [4.69, 9.17) is 14.2 Å². The molecule has 1 aliphatic rings. The molecule has 0 spiro atoms. The summed E-state index contributed by atoms with van der Waals surface area (Å²) in [6.45, 7) is 4.99. The van der Waals surface area contributed by atoms with Crippen molar-refractivity contribution < 1.29 is 34.0 Å². The number of allylic oxidation sites excluding steroid dienone is 1. The molecule has 5 rings (SSSR count). The third-order valence-corrected chi connectivity index (χ3v) is 7.83. The van der Waals surface area contributed by atoms with Crippen LogP contribution in [0.4, 0.5) is 10.5 Å². The van der Waals surface area contributed by atoms with Crippen LogP contribution in [0.15, 0.2) is 88.7 Å². The molecule has 0 bridgehead atoms. The number of anilines is 1. The van der Waals surface area contributed by atoms with Gasteiger partial charge in [0.05, 0.1) is 10.6 Å². The third-order valence-electron chi connectivity index (χ3n) is 6.96. The average Bonchev–Trinajstić information content (AvgIpc) is 3.62. The number of nitrogens with one attached hydrogen (secondary N) is 1. The summed E-state index contributed by atoms with van der Waals surface area (Å²) in [5, 5.41) is 19.9. The van der Waals surface area contributed by atoms with Crippen molar-refractivity contribution in [1.82, 2.24) is 4.98 Å². The Hall–Kier alpha value is -5.36. The Morgan fingerprint density at radius 3 is 2.41 bits per heavy atom. The lowest BCUT2D eigenvalue weighted by molar-refractivity contribution is -0.124. The fourth-order valence-electron chi connectivity index (χ4n) is 4.71. The molecule has 3 N–H and O–H groups in total. The Labute approximate surface area is 269 Å². The molecule has 1 atom stereocenters. The van der Waals surface area contributed by atoms with Crippen LogP contribution >= 0.6 is 11.3 Å². The lowest BCUT2D eigenvalue weighted by atomic mass is 9.86. The lowest BCUT2D eigenvalue weighted by Gasteiger charge is -2.28. The predicted molar refractivity (Wildman–Crippen MR) is 175 cm³/mol. The van der Waals surface area contributed by atoms with Gasteiger partial charge in [-0.25, -0.2) is 4.79 Å². The second-order valence-corrected chi connectivity index (χ2v) is 12.6. The number of carbonyl (C=O) groups excluding carboxylic acids is 2. The number of rotatable bonds is 10. The van der Waals surface area contributed by atoms with E-state index in [1.165, 1.54) is 23.2 Å². The number of ether oxygens (including phenoxy) is 3. The number of H-pyrrole nitrogens is 1. The molecule has 2 heterocycles. The number of phenols is 1. The fraction of sp³-hybridized carbons (Fsp3) is 0.235. The SMILES string of the molecule is CN(C(=O)OC(C)(C)C)c1ccc(C2(C(=O)COc3ccc(Cc4sc(=O)[nH]c4O)cc3)C=CC=N2)c(Oc2cccc(O)c2)c1. The second-order valence-electron chi connectivity index (χ2n) is 11.5. The molecular formula is C34H33N3O8S. The molecule has 0 radical (unpaired) electrons. The standard InChI is InChI=1S/C34H33N3O8S/c1-33(2,3)45-32(42)37(4)22-11-14-26(27(18-22)44-25-8-5-7-23(38)19-25)34(15-6-16-35-34)29(39)20-43-24-12-9-21(10-13-24)17-28-30(40)36-31(41)46-28/h5-16,18-19,38,40H,17,20H2,1-4H3,(H,36,41). The number of Topliss-reactive ketones (excluding diaryl/α,β-unsaturated/α-hetero) is 1. The van der Waals surface area contributed by atoms with Crippen LogP contribution in [0.3, 0.4) is 0 Å². The van der Waals surface area contributed by atoms with Crippen LogP contribution < -0.4 is 19.2 Å². The monoisotopic (exact) mass is 643 g/mol. The summed E-state index contributed by atoms with van der Waals surface area (Å²) in [5.41, 5.74) is -0.512. The number of aromatic nitrogens is 1. The number of thiazole rings is 1. The maximum Gasteiger partial charge on any atom is 0.414 e. The summed E-state index contributed by atoms with van der Waals surface area (Å²) in [7, 11) is 1.57. The van der Waals surface area contributed by atoms with Crippen LogP contribution in [0, 0.1) is 0 Å². The molecule has 0 saturated carbocycles. The zero-order valence-electron chi connectivity index (χ0n) is 25.6. The molecule has 3 aromatic carbocycles. The molecule has 46 heavy (non-hydrogen) atoms. The Morgan fingerprint density at radius 2 is 1.78 bits per heavy atom. The van der Waals surface area contributed by atoms with Crippen molar-refractivity contribution in [2.75, 3.05) is 18.6 Å². The number of aromatic amines is 1. The number of hydrogen-bond donors (Lipinski definition) is 3. The topological polar surface area (TPSA) is 151 Å². The Bertz CT molecular complexity index is 1860. The zero-order chi connectivity index (χ0) is 33.1. The van der Waals surface area contributed by atoms with E-state index in [-0.39, 0.29) is 34.6 Å². The Kier molecular flexibility index (Phi) is 9.01. The van der Waals surface area contributed by atoms with E-state index < -0.39 is 17.2 Å². The first kappa shape index (κ1) is 32.0. The lowest BCUT2D eigenvalue weighted by Crippen LogP contribution is -2.36. The third kappa shape index (κ3) is 7.29. The average molecular weight is 644 g/mol. The number of nitrogens with zero attached hydrogens (tertiary/aromatic N) is 2. The number of carbonyl (C=O) groups is 2. The van der Waals surface area contributed by atoms with Gasteiger partial charge in [0.2, 0.25) is 11.7 Å². The van der Waals surface area contributed by atoms with E-state index >= 15 is 0 Å². The van der Waals surface area contributed by atoms with E-state index in [9.17, 15) is 24.6 Å². The predicted octanol–water partition coefficient (Wildman–Crippen LogP) is 6.09. The quantitative estimate of drug-likeness (QED) is 0.188. The van der Waals surface area contributed by atoms with Crippen LogP contribution in [0.2, 0.25) is 0 Å². The highest BCUT2D eigenvalue weighted by atomic mass is 32.1. The number of hydrogen-bond acceptors (Lipinski definition) is 10. The minimum Gasteiger partial charge on any atom is -0.508 e. The van der Waals surface area contributed by atoms with E-state index in [0.29, 0.717) is 34.0 Å². The maximum atomic E-state index is 13.9. The summed E-state index contributed by atoms with van der Waals surface area (Å²) in [6, 6.07) is 18.1. The molecule has 1 aromatic heterocycles. The molecule has 238 valence electrons. The van der Waals surface area contributed by atoms with Crippen molar-refractivity contribution in [2.45, 2.75) is 38.3 Å². The van der Waals surface area contributed by atoms with Crippen molar-refractivity contribution >= 4 is 35.1 Å². The Morgan fingerprint density at radius 1 is 1.02 bits per heavy atom. The largest absolute Gasteiger partial charge is 0.508 e. The van der Waals surface area contributed by atoms with Crippen molar-refractivity contribution in [2.24, 2.45) is 4.99 Å². The molecule has 0 aliphatic carbocycles. The van der Waals surface area contributed by atoms with Gasteiger partial charge in [0.1, 0.15) is 35.2 Å². The molecule has 1 unspecified atom stereocenters.